The Hall–Kier alpha value is -0.820. The minimum atomic E-state index is -0.162. The summed E-state index contributed by atoms with van der Waals surface area (Å²) in [5, 5.41) is 0. The van der Waals surface area contributed by atoms with Gasteiger partial charge in [0, 0.05) is 5.54 Å². The molecule has 2 N–H and O–H groups in total. The number of rotatable bonds is 2. The first-order valence-electron chi connectivity index (χ1n) is 5.60. The fraction of sp³-hybridized carbons (Fsp3) is 0.571. The van der Waals surface area contributed by atoms with Crippen molar-refractivity contribution in [1.29, 1.82) is 0 Å². The second-order valence-electron chi connectivity index (χ2n) is 5.36. The van der Waals surface area contributed by atoms with E-state index in [2.05, 4.69) is 53.7 Å². The first kappa shape index (κ1) is 12.3. The molecule has 1 nitrogen and oxygen atoms in total. The second kappa shape index (κ2) is 3.97. The van der Waals surface area contributed by atoms with Crippen molar-refractivity contribution < 1.29 is 0 Å². The Bertz CT molecular complexity index is 335. The van der Waals surface area contributed by atoms with Crippen LogP contribution in [-0.2, 0) is 0 Å². The van der Waals surface area contributed by atoms with E-state index in [1.807, 2.05) is 0 Å². The molecule has 0 saturated carbocycles. The number of nitrogens with two attached hydrogens (primary N) is 1. The highest BCUT2D eigenvalue weighted by atomic mass is 14.7. The van der Waals surface area contributed by atoms with Crippen molar-refractivity contribution in [2.45, 2.75) is 53.0 Å². The van der Waals surface area contributed by atoms with E-state index in [1.165, 1.54) is 22.3 Å². The predicted molar refractivity (Wildman–Crippen MR) is 67.3 cm³/mol. The van der Waals surface area contributed by atoms with E-state index in [1.54, 1.807) is 0 Å². The second-order valence-corrected chi connectivity index (χ2v) is 5.36. The van der Waals surface area contributed by atoms with Crippen molar-refractivity contribution in [2.75, 3.05) is 0 Å². The quantitative estimate of drug-likeness (QED) is 0.786. The molecule has 0 aliphatic carbocycles. The van der Waals surface area contributed by atoms with Crippen LogP contribution in [0.15, 0.2) is 12.1 Å². The van der Waals surface area contributed by atoms with Crippen LogP contribution in [0.5, 0.6) is 0 Å². The molecule has 15 heavy (non-hydrogen) atoms. The highest BCUT2D eigenvalue weighted by Crippen LogP contribution is 2.31. The highest BCUT2D eigenvalue weighted by molar-refractivity contribution is 5.40. The summed E-state index contributed by atoms with van der Waals surface area (Å²) < 4.78 is 0. The molecule has 1 rings (SSSR count). The van der Waals surface area contributed by atoms with Crippen LogP contribution in [0.3, 0.4) is 0 Å². The van der Waals surface area contributed by atoms with Crippen LogP contribution in [0.25, 0.3) is 0 Å². The lowest BCUT2D eigenvalue weighted by molar-refractivity contribution is 0.432. The molecule has 0 fully saturated rings. The molecular formula is C14H23N. The molecule has 0 saturated heterocycles. The Morgan fingerprint density at radius 3 is 1.80 bits per heavy atom. The minimum Gasteiger partial charge on any atom is -0.325 e. The molecule has 0 radical (unpaired) electrons. The third kappa shape index (κ3) is 2.60. The van der Waals surface area contributed by atoms with Crippen molar-refractivity contribution in [3.8, 4) is 0 Å². The van der Waals surface area contributed by atoms with E-state index >= 15 is 0 Å². The fourth-order valence-corrected chi connectivity index (χ4v) is 2.25. The van der Waals surface area contributed by atoms with E-state index in [9.17, 15) is 0 Å². The van der Waals surface area contributed by atoms with Crippen LogP contribution >= 0.6 is 0 Å². The van der Waals surface area contributed by atoms with E-state index in [-0.39, 0.29) is 5.54 Å². The summed E-state index contributed by atoms with van der Waals surface area (Å²) in [6.45, 7) is 12.9. The van der Waals surface area contributed by atoms with Gasteiger partial charge in [-0.05, 0) is 57.2 Å². The third-order valence-corrected chi connectivity index (χ3v) is 3.29. The third-order valence-electron chi connectivity index (χ3n) is 3.29. The van der Waals surface area contributed by atoms with Gasteiger partial charge in [-0.1, -0.05) is 24.6 Å². The zero-order valence-corrected chi connectivity index (χ0v) is 10.8. The Kier molecular flexibility index (Phi) is 3.25. The summed E-state index contributed by atoms with van der Waals surface area (Å²) in [7, 11) is 0. The molecule has 0 heterocycles. The monoisotopic (exact) mass is 205 g/mol. The molecule has 0 bridgehead atoms. The largest absolute Gasteiger partial charge is 0.325 e. The lowest BCUT2D eigenvalue weighted by Gasteiger charge is -2.30. The van der Waals surface area contributed by atoms with Gasteiger partial charge >= 0.3 is 0 Å². The zero-order valence-electron chi connectivity index (χ0n) is 10.8. The van der Waals surface area contributed by atoms with Crippen LogP contribution in [0.1, 0.15) is 48.9 Å². The van der Waals surface area contributed by atoms with Crippen molar-refractivity contribution in [3.05, 3.63) is 34.4 Å². The number of benzene rings is 1. The topological polar surface area (TPSA) is 26.0 Å². The molecule has 0 amide bonds. The molecule has 1 heteroatoms. The Morgan fingerprint density at radius 2 is 1.47 bits per heavy atom. The van der Waals surface area contributed by atoms with Gasteiger partial charge in [-0.2, -0.15) is 0 Å². The van der Waals surface area contributed by atoms with E-state index < -0.39 is 0 Å². The molecule has 1 unspecified atom stereocenters. The van der Waals surface area contributed by atoms with Crippen LogP contribution in [-0.4, -0.2) is 5.54 Å². The SMILES string of the molecule is Cc1cc(C)c(C(C)C(C)(C)N)c(C)c1. The Balaban J connectivity index is 3.26. The predicted octanol–water partition coefficient (Wildman–Crippen LogP) is 3.45. The molecule has 1 atom stereocenters. The van der Waals surface area contributed by atoms with Gasteiger partial charge in [-0.3, -0.25) is 0 Å². The molecule has 84 valence electrons. The van der Waals surface area contributed by atoms with Crippen molar-refractivity contribution in [1.82, 2.24) is 0 Å². The van der Waals surface area contributed by atoms with Gasteiger partial charge in [0.2, 0.25) is 0 Å². The Labute approximate surface area is 93.7 Å². The molecule has 0 aromatic heterocycles. The van der Waals surface area contributed by atoms with E-state index in [0.717, 1.165) is 0 Å². The fourth-order valence-electron chi connectivity index (χ4n) is 2.25. The van der Waals surface area contributed by atoms with Crippen LogP contribution in [0.2, 0.25) is 0 Å². The lowest BCUT2D eigenvalue weighted by atomic mass is 9.80. The summed E-state index contributed by atoms with van der Waals surface area (Å²) in [6, 6.07) is 4.48. The van der Waals surface area contributed by atoms with Gasteiger partial charge in [0.25, 0.3) is 0 Å². The van der Waals surface area contributed by atoms with Gasteiger partial charge in [0.1, 0.15) is 0 Å². The molecule has 0 aliphatic rings. The van der Waals surface area contributed by atoms with Crippen LogP contribution < -0.4 is 5.73 Å². The van der Waals surface area contributed by atoms with Crippen molar-refractivity contribution >= 4 is 0 Å². The van der Waals surface area contributed by atoms with E-state index in [4.69, 9.17) is 5.73 Å². The number of hydrogen-bond donors (Lipinski definition) is 1. The summed E-state index contributed by atoms with van der Waals surface area (Å²) in [6.07, 6.45) is 0. The molecule has 0 aliphatic heterocycles. The molecule has 1 aromatic carbocycles. The summed E-state index contributed by atoms with van der Waals surface area (Å²) in [5.74, 6) is 0.387. The van der Waals surface area contributed by atoms with Gasteiger partial charge in [-0.25, -0.2) is 0 Å². The van der Waals surface area contributed by atoms with Crippen LogP contribution in [0.4, 0.5) is 0 Å². The lowest BCUT2D eigenvalue weighted by Crippen LogP contribution is -2.38. The maximum atomic E-state index is 6.19. The van der Waals surface area contributed by atoms with Gasteiger partial charge in [0.05, 0.1) is 0 Å². The molecule has 0 spiro atoms. The van der Waals surface area contributed by atoms with Crippen molar-refractivity contribution in [3.63, 3.8) is 0 Å². The average molecular weight is 205 g/mol. The van der Waals surface area contributed by atoms with Gasteiger partial charge < -0.3 is 5.73 Å². The van der Waals surface area contributed by atoms with Crippen molar-refractivity contribution in [2.24, 2.45) is 5.73 Å². The van der Waals surface area contributed by atoms with E-state index in [0.29, 0.717) is 5.92 Å². The van der Waals surface area contributed by atoms with Crippen LogP contribution in [0, 0.1) is 20.8 Å². The molecule has 1 aromatic rings. The van der Waals surface area contributed by atoms with Gasteiger partial charge in [0.15, 0.2) is 0 Å². The maximum Gasteiger partial charge on any atom is 0.0164 e. The number of aryl methyl sites for hydroxylation is 3. The summed E-state index contributed by atoms with van der Waals surface area (Å²) in [4.78, 5) is 0. The maximum absolute atomic E-state index is 6.19. The molecular weight excluding hydrogens is 182 g/mol. The zero-order chi connectivity index (χ0) is 11.8. The van der Waals surface area contributed by atoms with Gasteiger partial charge in [-0.15, -0.1) is 0 Å². The highest BCUT2D eigenvalue weighted by Gasteiger charge is 2.24. The normalized spacial score (nSPS) is 14.1. The number of hydrogen-bond acceptors (Lipinski definition) is 1. The smallest absolute Gasteiger partial charge is 0.0164 e. The summed E-state index contributed by atoms with van der Waals surface area (Å²) in [5.41, 5.74) is 11.5. The minimum absolute atomic E-state index is 0.162. The summed E-state index contributed by atoms with van der Waals surface area (Å²) >= 11 is 0. The first-order valence-corrected chi connectivity index (χ1v) is 5.60. The first-order chi connectivity index (χ1) is 6.73. The Morgan fingerprint density at radius 1 is 1.07 bits per heavy atom. The average Bonchev–Trinajstić information content (AvgIpc) is 1.99. The standard InChI is InChI=1S/C14H23N/c1-9-7-10(2)13(11(3)8-9)12(4)14(5,6)15/h7-8,12H,15H2,1-6H3.